The molecular formula is C44H65NO3S2. The summed E-state index contributed by atoms with van der Waals surface area (Å²) >= 11 is 3.29. The smallest absolute Gasteiger partial charge is 0.344 e. The lowest BCUT2D eigenvalue weighted by molar-refractivity contribution is 0.534. The molecule has 0 saturated carbocycles. The van der Waals surface area contributed by atoms with E-state index in [9.17, 15) is 9.59 Å². The van der Waals surface area contributed by atoms with E-state index in [0.717, 1.165) is 54.0 Å². The van der Waals surface area contributed by atoms with Gasteiger partial charge in [0.1, 0.15) is 5.76 Å². The minimum absolute atomic E-state index is 0.0776. The highest BCUT2D eigenvalue weighted by Gasteiger charge is 2.20. The number of hydrogen-bond acceptors (Lipinski definition) is 5. The molecule has 4 nitrogen and oxygen atoms in total. The van der Waals surface area contributed by atoms with Gasteiger partial charge in [-0.2, -0.15) is 0 Å². The van der Waals surface area contributed by atoms with Crippen LogP contribution >= 0.6 is 22.7 Å². The molecule has 4 aromatic rings. The van der Waals surface area contributed by atoms with Crippen molar-refractivity contribution in [3.63, 3.8) is 0 Å². The van der Waals surface area contributed by atoms with Crippen LogP contribution in [0.1, 0.15) is 173 Å². The number of fused-ring (bicyclic) bond motifs is 1. The standard InChI is InChI=1S/C44H65NO3S2/c1-4-7-10-12-14-16-18-20-22-24-26-35-28-31-49-41(35)39-33-38-37(43(46)45(39)30-9-6-3)34-40(48-44(38)47)42-36(29-32-50-42)27-25-23-21-19-17-15-13-11-8-5-2/h28-29,31-34H,4-27,30H2,1-3H3. The van der Waals surface area contributed by atoms with E-state index in [2.05, 4.69) is 43.7 Å². The molecule has 0 saturated heterocycles. The highest BCUT2D eigenvalue weighted by molar-refractivity contribution is 7.14. The summed E-state index contributed by atoms with van der Waals surface area (Å²) in [7, 11) is 0. The monoisotopic (exact) mass is 719 g/mol. The number of aromatic nitrogens is 1. The number of unbranched alkanes of at least 4 members (excludes halogenated alkanes) is 19. The second-order valence-corrected chi connectivity index (χ2v) is 16.3. The van der Waals surface area contributed by atoms with Gasteiger partial charge in [0, 0.05) is 6.54 Å². The van der Waals surface area contributed by atoms with Gasteiger partial charge in [-0.1, -0.05) is 143 Å². The average molecular weight is 720 g/mol. The van der Waals surface area contributed by atoms with E-state index < -0.39 is 5.63 Å². The Bertz CT molecular complexity index is 1640. The molecule has 0 unspecified atom stereocenters. The van der Waals surface area contributed by atoms with E-state index in [0.29, 0.717) is 23.1 Å². The van der Waals surface area contributed by atoms with Crippen LogP contribution in [0.5, 0.6) is 0 Å². The van der Waals surface area contributed by atoms with Gasteiger partial charge in [-0.15, -0.1) is 22.7 Å². The van der Waals surface area contributed by atoms with Crippen molar-refractivity contribution in [1.29, 1.82) is 0 Å². The Morgan fingerprint density at radius 1 is 0.540 bits per heavy atom. The molecule has 0 fully saturated rings. The van der Waals surface area contributed by atoms with E-state index >= 15 is 0 Å². The number of rotatable bonds is 27. The molecule has 0 aromatic carbocycles. The molecule has 0 aliphatic carbocycles. The van der Waals surface area contributed by atoms with E-state index in [1.54, 1.807) is 22.7 Å². The predicted octanol–water partition coefficient (Wildman–Crippen LogP) is 14.1. The molecular weight excluding hydrogens is 655 g/mol. The zero-order chi connectivity index (χ0) is 35.4. The first kappa shape index (κ1) is 40.3. The Morgan fingerprint density at radius 3 is 1.52 bits per heavy atom. The minimum atomic E-state index is -0.412. The summed E-state index contributed by atoms with van der Waals surface area (Å²) in [6, 6.07) is 8.16. The first-order chi connectivity index (χ1) is 24.6. The van der Waals surface area contributed by atoms with Crippen LogP contribution in [0.15, 0.2) is 49.0 Å². The zero-order valence-electron chi connectivity index (χ0n) is 31.6. The fourth-order valence-corrected chi connectivity index (χ4v) is 9.12. The Hall–Kier alpha value is -2.44. The van der Waals surface area contributed by atoms with Crippen LogP contribution in [0.4, 0.5) is 0 Å². The van der Waals surface area contributed by atoms with E-state index in [1.807, 2.05) is 16.7 Å². The Morgan fingerprint density at radius 2 is 1.00 bits per heavy atom. The third-order valence-electron chi connectivity index (χ3n) is 10.3. The van der Waals surface area contributed by atoms with Gasteiger partial charge in [-0.05, 0) is 78.3 Å². The lowest BCUT2D eigenvalue weighted by Crippen LogP contribution is -2.24. The normalized spacial score (nSPS) is 11.7. The average Bonchev–Trinajstić information content (AvgIpc) is 3.79. The summed E-state index contributed by atoms with van der Waals surface area (Å²) in [5.41, 5.74) is 2.88. The van der Waals surface area contributed by atoms with Crippen molar-refractivity contribution in [2.45, 2.75) is 181 Å². The van der Waals surface area contributed by atoms with Gasteiger partial charge in [0.15, 0.2) is 0 Å². The van der Waals surface area contributed by atoms with Gasteiger partial charge >= 0.3 is 5.63 Å². The van der Waals surface area contributed by atoms with Crippen molar-refractivity contribution >= 4 is 33.4 Å². The molecule has 4 aromatic heterocycles. The number of hydrogen-bond donors (Lipinski definition) is 0. The highest BCUT2D eigenvalue weighted by atomic mass is 32.1. The quantitative estimate of drug-likeness (QED) is 0.0577. The van der Waals surface area contributed by atoms with Crippen molar-refractivity contribution in [2.24, 2.45) is 0 Å². The van der Waals surface area contributed by atoms with Crippen LogP contribution in [-0.4, -0.2) is 4.57 Å². The first-order valence-electron chi connectivity index (χ1n) is 20.4. The maximum atomic E-state index is 14.2. The van der Waals surface area contributed by atoms with Gasteiger partial charge in [0.2, 0.25) is 0 Å². The largest absolute Gasteiger partial charge is 0.421 e. The fourth-order valence-electron chi connectivity index (χ4n) is 7.24. The minimum Gasteiger partial charge on any atom is -0.421 e. The van der Waals surface area contributed by atoms with Crippen LogP contribution < -0.4 is 11.2 Å². The summed E-state index contributed by atoms with van der Waals surface area (Å²) < 4.78 is 7.94. The predicted molar refractivity (Wildman–Crippen MR) is 219 cm³/mol. The van der Waals surface area contributed by atoms with Gasteiger partial charge in [0.25, 0.3) is 5.56 Å². The zero-order valence-corrected chi connectivity index (χ0v) is 33.3. The molecule has 0 amide bonds. The third kappa shape index (κ3) is 12.4. The molecule has 0 atom stereocenters. The Kier molecular flexibility index (Phi) is 18.7. The van der Waals surface area contributed by atoms with Crippen LogP contribution in [0.3, 0.4) is 0 Å². The number of pyridine rings is 1. The second-order valence-electron chi connectivity index (χ2n) is 14.5. The molecule has 0 bridgehead atoms. The van der Waals surface area contributed by atoms with Crippen LogP contribution in [0.25, 0.3) is 32.0 Å². The molecule has 276 valence electrons. The van der Waals surface area contributed by atoms with Crippen molar-refractivity contribution in [2.75, 3.05) is 0 Å². The summed E-state index contributed by atoms with van der Waals surface area (Å²) in [4.78, 5) is 29.9. The molecule has 6 heteroatoms. The van der Waals surface area contributed by atoms with Crippen LogP contribution in [-0.2, 0) is 19.4 Å². The molecule has 50 heavy (non-hydrogen) atoms. The summed E-state index contributed by atoms with van der Waals surface area (Å²) in [6.07, 6.45) is 30.2. The Labute approximate surface area is 310 Å². The molecule has 4 heterocycles. The van der Waals surface area contributed by atoms with E-state index in [1.165, 1.54) is 127 Å². The van der Waals surface area contributed by atoms with Crippen LogP contribution in [0.2, 0.25) is 0 Å². The Balaban J connectivity index is 1.43. The van der Waals surface area contributed by atoms with Crippen molar-refractivity contribution < 1.29 is 4.42 Å². The summed E-state index contributed by atoms with van der Waals surface area (Å²) in [6.45, 7) is 7.35. The van der Waals surface area contributed by atoms with Gasteiger partial charge in [-0.3, -0.25) is 4.79 Å². The molecule has 0 aliphatic rings. The summed E-state index contributed by atoms with van der Waals surface area (Å²) in [5, 5.41) is 5.09. The molecule has 0 radical (unpaired) electrons. The van der Waals surface area contributed by atoms with E-state index in [4.69, 9.17) is 4.42 Å². The topological polar surface area (TPSA) is 52.2 Å². The lowest BCUT2D eigenvalue weighted by Gasteiger charge is -2.15. The highest BCUT2D eigenvalue weighted by Crippen LogP contribution is 2.34. The SMILES string of the molecule is CCCCCCCCCCCCc1ccsc1-c1cc2c(=O)n(CCCC)c(-c3sccc3CCCCCCCCCCCC)cc2c(=O)o1. The molecule has 4 rings (SSSR count). The van der Waals surface area contributed by atoms with Gasteiger partial charge in [0.05, 0.1) is 26.2 Å². The maximum Gasteiger partial charge on any atom is 0.344 e. The van der Waals surface area contributed by atoms with Crippen molar-refractivity contribution in [1.82, 2.24) is 4.57 Å². The van der Waals surface area contributed by atoms with Gasteiger partial charge < -0.3 is 8.98 Å². The second kappa shape index (κ2) is 23.2. The fraction of sp³-hybridized carbons (Fsp3) is 0.636. The first-order valence-corrected chi connectivity index (χ1v) is 22.2. The van der Waals surface area contributed by atoms with Crippen molar-refractivity contribution in [3.05, 3.63) is 66.9 Å². The van der Waals surface area contributed by atoms with Crippen LogP contribution in [0, 0.1) is 0 Å². The van der Waals surface area contributed by atoms with Crippen molar-refractivity contribution in [3.8, 4) is 21.2 Å². The maximum absolute atomic E-state index is 14.2. The molecule has 0 N–H and O–H groups in total. The molecule has 0 spiro atoms. The number of thiophene rings is 2. The number of aryl methyl sites for hydroxylation is 2. The lowest BCUT2D eigenvalue weighted by atomic mass is 10.0. The van der Waals surface area contributed by atoms with Gasteiger partial charge in [-0.25, -0.2) is 4.79 Å². The van der Waals surface area contributed by atoms with E-state index in [-0.39, 0.29) is 5.56 Å². The summed E-state index contributed by atoms with van der Waals surface area (Å²) in [5.74, 6) is 0.532. The third-order valence-corrected chi connectivity index (χ3v) is 12.3. The number of nitrogens with zero attached hydrogens (tertiary/aromatic N) is 1. The molecule has 0 aliphatic heterocycles.